The number of aromatic nitrogens is 2. The second-order valence-corrected chi connectivity index (χ2v) is 7.00. The van der Waals surface area contributed by atoms with Crippen LogP contribution in [0.4, 0.5) is 4.79 Å². The largest absolute Gasteiger partial charge is 0.443 e. The van der Waals surface area contributed by atoms with Gasteiger partial charge in [0.2, 0.25) is 0 Å². The van der Waals surface area contributed by atoms with Crippen LogP contribution in [0.3, 0.4) is 0 Å². The van der Waals surface area contributed by atoms with Crippen LogP contribution in [0.2, 0.25) is 0 Å². The lowest BCUT2D eigenvalue weighted by Gasteiger charge is -2.20. The van der Waals surface area contributed by atoms with Gasteiger partial charge in [0, 0.05) is 32.0 Å². The van der Waals surface area contributed by atoms with E-state index in [1.165, 1.54) is 4.57 Å². The SMILES string of the molecule is COCCCC1CCC(c2nccn2C(=O)OC(C)(C)C)C1=O. The number of ether oxygens (including phenoxy) is 2. The maximum Gasteiger partial charge on any atom is 0.420 e. The average molecular weight is 322 g/mol. The zero-order valence-corrected chi connectivity index (χ0v) is 14.4. The fourth-order valence-corrected chi connectivity index (χ4v) is 2.99. The van der Waals surface area contributed by atoms with Crippen molar-refractivity contribution in [1.82, 2.24) is 9.55 Å². The maximum absolute atomic E-state index is 12.6. The van der Waals surface area contributed by atoms with Crippen LogP contribution in [0.1, 0.15) is 58.2 Å². The number of rotatable bonds is 5. The molecule has 0 aliphatic heterocycles. The summed E-state index contributed by atoms with van der Waals surface area (Å²) in [6.45, 7) is 6.11. The second kappa shape index (κ2) is 7.25. The van der Waals surface area contributed by atoms with E-state index in [4.69, 9.17) is 9.47 Å². The molecule has 0 N–H and O–H groups in total. The molecule has 2 rings (SSSR count). The molecule has 23 heavy (non-hydrogen) atoms. The van der Waals surface area contributed by atoms with Gasteiger partial charge in [0.1, 0.15) is 17.2 Å². The summed E-state index contributed by atoms with van der Waals surface area (Å²) in [5, 5.41) is 0. The Kier molecular flexibility index (Phi) is 5.57. The van der Waals surface area contributed by atoms with Crippen molar-refractivity contribution in [2.45, 2.75) is 58.0 Å². The van der Waals surface area contributed by atoms with E-state index in [2.05, 4.69) is 4.98 Å². The van der Waals surface area contributed by atoms with Crippen LogP contribution in [0, 0.1) is 5.92 Å². The van der Waals surface area contributed by atoms with Gasteiger partial charge in [-0.05, 0) is 46.5 Å². The summed E-state index contributed by atoms with van der Waals surface area (Å²) >= 11 is 0. The fraction of sp³-hybridized carbons (Fsp3) is 0.706. The third-order valence-corrected chi connectivity index (χ3v) is 4.02. The van der Waals surface area contributed by atoms with E-state index < -0.39 is 11.7 Å². The molecule has 6 nitrogen and oxygen atoms in total. The van der Waals surface area contributed by atoms with Crippen LogP contribution < -0.4 is 0 Å². The predicted molar refractivity (Wildman–Crippen MR) is 85.4 cm³/mol. The normalized spacial score (nSPS) is 21.7. The van der Waals surface area contributed by atoms with Crippen molar-refractivity contribution in [3.63, 3.8) is 0 Å². The number of Topliss-reactive ketones (excluding diaryl/α,β-unsaturated/α-hetero) is 1. The van der Waals surface area contributed by atoms with E-state index in [-0.39, 0.29) is 17.6 Å². The standard InChI is InChI=1S/C17H26N2O4/c1-17(2,3)23-16(21)19-10-9-18-15(19)13-8-7-12(14(13)20)6-5-11-22-4/h9-10,12-13H,5-8,11H2,1-4H3. The Bertz CT molecular complexity index is 559. The summed E-state index contributed by atoms with van der Waals surface area (Å²) in [5.41, 5.74) is -0.582. The third kappa shape index (κ3) is 4.41. The Morgan fingerprint density at radius 2 is 2.13 bits per heavy atom. The Balaban J connectivity index is 2.07. The molecule has 0 radical (unpaired) electrons. The van der Waals surface area contributed by atoms with Gasteiger partial charge in [0.15, 0.2) is 0 Å². The lowest BCUT2D eigenvalue weighted by atomic mass is 9.98. The van der Waals surface area contributed by atoms with Gasteiger partial charge in [-0.3, -0.25) is 4.79 Å². The number of nitrogens with zero attached hydrogens (tertiary/aromatic N) is 2. The predicted octanol–water partition coefficient (Wildman–Crippen LogP) is 3.16. The summed E-state index contributed by atoms with van der Waals surface area (Å²) in [6, 6.07) is 0. The molecule has 6 heteroatoms. The first kappa shape index (κ1) is 17.7. The van der Waals surface area contributed by atoms with Gasteiger partial charge in [0.25, 0.3) is 0 Å². The van der Waals surface area contributed by atoms with Gasteiger partial charge in [-0.2, -0.15) is 0 Å². The zero-order valence-electron chi connectivity index (χ0n) is 14.4. The Labute approximate surface area is 137 Å². The van der Waals surface area contributed by atoms with E-state index in [0.29, 0.717) is 12.4 Å². The first-order chi connectivity index (χ1) is 10.8. The summed E-state index contributed by atoms with van der Waals surface area (Å²) in [6.07, 6.45) is 5.90. The molecule has 1 heterocycles. The van der Waals surface area contributed by atoms with Crippen molar-refractivity contribution in [3.05, 3.63) is 18.2 Å². The highest BCUT2D eigenvalue weighted by molar-refractivity contribution is 5.90. The molecular formula is C17H26N2O4. The molecule has 0 amide bonds. The first-order valence-electron chi connectivity index (χ1n) is 8.12. The molecule has 128 valence electrons. The number of hydrogen-bond donors (Lipinski definition) is 0. The van der Waals surface area contributed by atoms with Crippen molar-refractivity contribution in [3.8, 4) is 0 Å². The molecule has 1 aliphatic rings. The summed E-state index contributed by atoms with van der Waals surface area (Å²) in [5.74, 6) is 0.402. The molecule has 1 aromatic heterocycles. The van der Waals surface area contributed by atoms with E-state index in [0.717, 1.165) is 25.7 Å². The minimum Gasteiger partial charge on any atom is -0.443 e. The van der Waals surface area contributed by atoms with Crippen LogP contribution in [0.15, 0.2) is 12.4 Å². The van der Waals surface area contributed by atoms with Gasteiger partial charge in [-0.1, -0.05) is 0 Å². The maximum atomic E-state index is 12.6. The topological polar surface area (TPSA) is 70.4 Å². The molecule has 1 aliphatic carbocycles. The first-order valence-corrected chi connectivity index (χ1v) is 8.12. The van der Waals surface area contributed by atoms with Gasteiger partial charge in [-0.25, -0.2) is 14.3 Å². The van der Waals surface area contributed by atoms with Crippen LogP contribution in [-0.4, -0.2) is 40.7 Å². The van der Waals surface area contributed by atoms with Gasteiger partial charge in [-0.15, -0.1) is 0 Å². The average Bonchev–Trinajstić information content (AvgIpc) is 3.04. The summed E-state index contributed by atoms with van der Waals surface area (Å²) < 4.78 is 11.8. The van der Waals surface area contributed by atoms with Crippen molar-refractivity contribution in [1.29, 1.82) is 0 Å². The molecule has 2 unspecified atom stereocenters. The zero-order chi connectivity index (χ0) is 17.0. The highest BCUT2D eigenvalue weighted by Gasteiger charge is 2.38. The van der Waals surface area contributed by atoms with E-state index in [9.17, 15) is 9.59 Å². The number of methoxy groups -OCH3 is 1. The number of carbonyl (C=O) groups is 2. The molecule has 2 atom stereocenters. The molecule has 0 bridgehead atoms. The van der Waals surface area contributed by atoms with Gasteiger partial charge >= 0.3 is 6.09 Å². The second-order valence-electron chi connectivity index (χ2n) is 7.00. The van der Waals surface area contributed by atoms with Crippen LogP contribution in [-0.2, 0) is 14.3 Å². The monoisotopic (exact) mass is 322 g/mol. The van der Waals surface area contributed by atoms with Crippen molar-refractivity contribution >= 4 is 11.9 Å². The molecule has 0 aromatic carbocycles. The highest BCUT2D eigenvalue weighted by Crippen LogP contribution is 2.36. The van der Waals surface area contributed by atoms with Crippen molar-refractivity contribution in [2.24, 2.45) is 5.92 Å². The molecule has 1 fully saturated rings. The third-order valence-electron chi connectivity index (χ3n) is 4.02. The molecule has 1 aromatic rings. The van der Waals surface area contributed by atoms with Crippen LogP contribution in [0.5, 0.6) is 0 Å². The van der Waals surface area contributed by atoms with E-state index >= 15 is 0 Å². The Hall–Kier alpha value is -1.69. The summed E-state index contributed by atoms with van der Waals surface area (Å²) in [7, 11) is 1.66. The minimum absolute atomic E-state index is 0.0407. The smallest absolute Gasteiger partial charge is 0.420 e. The molecule has 0 saturated heterocycles. The Morgan fingerprint density at radius 3 is 2.78 bits per heavy atom. The van der Waals surface area contributed by atoms with E-state index in [1.807, 2.05) is 20.8 Å². The number of imidazole rings is 1. The minimum atomic E-state index is -0.582. The van der Waals surface area contributed by atoms with Gasteiger partial charge < -0.3 is 9.47 Å². The lowest BCUT2D eigenvalue weighted by Crippen LogP contribution is -2.29. The Morgan fingerprint density at radius 1 is 1.39 bits per heavy atom. The molecule has 0 spiro atoms. The fourth-order valence-electron chi connectivity index (χ4n) is 2.99. The van der Waals surface area contributed by atoms with Gasteiger partial charge in [0.05, 0.1) is 5.92 Å². The number of carbonyl (C=O) groups excluding carboxylic acids is 2. The summed E-state index contributed by atoms with van der Waals surface area (Å²) in [4.78, 5) is 29.1. The van der Waals surface area contributed by atoms with Crippen molar-refractivity contribution < 1.29 is 19.1 Å². The molecular weight excluding hydrogens is 296 g/mol. The van der Waals surface area contributed by atoms with Crippen molar-refractivity contribution in [2.75, 3.05) is 13.7 Å². The van der Waals surface area contributed by atoms with Crippen LogP contribution in [0.25, 0.3) is 0 Å². The van der Waals surface area contributed by atoms with Crippen LogP contribution >= 0.6 is 0 Å². The highest BCUT2D eigenvalue weighted by atomic mass is 16.6. The lowest BCUT2D eigenvalue weighted by molar-refractivity contribution is -0.122. The molecule has 1 saturated carbocycles. The van der Waals surface area contributed by atoms with E-state index in [1.54, 1.807) is 19.5 Å². The quantitative estimate of drug-likeness (QED) is 0.779. The number of hydrogen-bond acceptors (Lipinski definition) is 5. The number of ketones is 1.